The largest absolute Gasteiger partial charge is 0.309 e. The summed E-state index contributed by atoms with van der Waals surface area (Å²) in [6, 6.07) is 7.66. The van der Waals surface area contributed by atoms with Crippen molar-refractivity contribution in [3.63, 3.8) is 0 Å². The van der Waals surface area contributed by atoms with Crippen molar-refractivity contribution in [2.24, 2.45) is 5.92 Å². The summed E-state index contributed by atoms with van der Waals surface area (Å²) in [6.45, 7) is 12.0. The van der Waals surface area contributed by atoms with Gasteiger partial charge < -0.3 is 5.32 Å². The molecule has 0 amide bonds. The van der Waals surface area contributed by atoms with Crippen molar-refractivity contribution in [1.29, 1.82) is 0 Å². The quantitative estimate of drug-likeness (QED) is 0.910. The molecule has 0 aromatic heterocycles. The van der Waals surface area contributed by atoms with Crippen LogP contribution in [0, 0.1) is 11.7 Å². The molecule has 0 radical (unpaired) electrons. The van der Waals surface area contributed by atoms with Gasteiger partial charge in [-0.1, -0.05) is 32.0 Å². The minimum Gasteiger partial charge on any atom is -0.309 e. The third-order valence-corrected chi connectivity index (χ3v) is 4.25. The third kappa shape index (κ3) is 3.80. The Morgan fingerprint density at radius 2 is 2.05 bits per heavy atom. The maximum Gasteiger partial charge on any atom is 0.126 e. The van der Waals surface area contributed by atoms with Crippen LogP contribution in [0.15, 0.2) is 24.3 Å². The van der Waals surface area contributed by atoms with Gasteiger partial charge in [-0.25, -0.2) is 4.39 Å². The normalized spacial score (nSPS) is 23.2. The van der Waals surface area contributed by atoms with Crippen LogP contribution in [-0.2, 0) is 6.42 Å². The second-order valence-corrected chi connectivity index (χ2v) is 6.89. The Hall–Kier alpha value is -0.930. The molecule has 112 valence electrons. The zero-order chi connectivity index (χ0) is 14.8. The summed E-state index contributed by atoms with van der Waals surface area (Å²) in [5.41, 5.74) is 0.965. The summed E-state index contributed by atoms with van der Waals surface area (Å²) < 4.78 is 13.7. The van der Waals surface area contributed by atoms with E-state index in [4.69, 9.17) is 0 Å². The van der Waals surface area contributed by atoms with Crippen LogP contribution in [0.2, 0.25) is 0 Å². The second kappa shape index (κ2) is 6.23. The Morgan fingerprint density at radius 3 is 2.70 bits per heavy atom. The number of nitrogens with zero attached hydrogens (tertiary/aromatic N) is 1. The van der Waals surface area contributed by atoms with Crippen molar-refractivity contribution < 1.29 is 4.39 Å². The fourth-order valence-corrected chi connectivity index (χ4v) is 3.06. The van der Waals surface area contributed by atoms with Gasteiger partial charge in [-0.3, -0.25) is 4.90 Å². The number of piperazine rings is 1. The molecule has 1 aliphatic heterocycles. The Morgan fingerprint density at radius 1 is 1.35 bits per heavy atom. The molecule has 0 saturated carbocycles. The van der Waals surface area contributed by atoms with E-state index in [0.717, 1.165) is 31.6 Å². The topological polar surface area (TPSA) is 15.3 Å². The van der Waals surface area contributed by atoms with E-state index in [9.17, 15) is 4.39 Å². The van der Waals surface area contributed by atoms with Crippen molar-refractivity contribution in [3.8, 4) is 0 Å². The molecular weight excluding hydrogens is 251 g/mol. The Bertz CT molecular complexity index is 442. The van der Waals surface area contributed by atoms with Gasteiger partial charge in [0.1, 0.15) is 5.82 Å². The minimum atomic E-state index is -0.0806. The SMILES string of the molecule is CC(C)C1CNC(C)(C)CN1CCc1ccccc1F. The first-order valence-electron chi connectivity index (χ1n) is 7.61. The molecule has 0 aliphatic carbocycles. The maximum absolute atomic E-state index is 13.7. The molecule has 1 unspecified atom stereocenters. The van der Waals surface area contributed by atoms with E-state index < -0.39 is 0 Å². The highest BCUT2D eigenvalue weighted by Crippen LogP contribution is 2.21. The Balaban J connectivity index is 2.02. The van der Waals surface area contributed by atoms with Gasteiger partial charge in [0.15, 0.2) is 0 Å². The average molecular weight is 278 g/mol. The zero-order valence-electron chi connectivity index (χ0n) is 13.1. The van der Waals surface area contributed by atoms with Crippen LogP contribution in [0.4, 0.5) is 4.39 Å². The van der Waals surface area contributed by atoms with Gasteiger partial charge in [-0.05, 0) is 37.8 Å². The molecule has 0 spiro atoms. The van der Waals surface area contributed by atoms with E-state index in [0.29, 0.717) is 12.0 Å². The summed E-state index contributed by atoms with van der Waals surface area (Å²) in [5, 5.41) is 3.61. The van der Waals surface area contributed by atoms with Crippen LogP contribution < -0.4 is 5.32 Å². The van der Waals surface area contributed by atoms with Crippen LogP contribution >= 0.6 is 0 Å². The van der Waals surface area contributed by atoms with Gasteiger partial charge in [-0.15, -0.1) is 0 Å². The van der Waals surface area contributed by atoms with Gasteiger partial charge in [0, 0.05) is 31.2 Å². The predicted octanol–water partition coefficient (Wildman–Crippen LogP) is 3.08. The van der Waals surface area contributed by atoms with Crippen LogP contribution in [-0.4, -0.2) is 36.1 Å². The third-order valence-electron chi connectivity index (χ3n) is 4.25. The lowest BCUT2D eigenvalue weighted by Crippen LogP contribution is -2.63. The van der Waals surface area contributed by atoms with Crippen LogP contribution in [0.1, 0.15) is 33.3 Å². The lowest BCUT2D eigenvalue weighted by molar-refractivity contribution is 0.0703. The van der Waals surface area contributed by atoms with E-state index in [-0.39, 0.29) is 11.4 Å². The molecule has 3 heteroatoms. The zero-order valence-corrected chi connectivity index (χ0v) is 13.1. The Labute approximate surface area is 122 Å². The number of rotatable bonds is 4. The summed E-state index contributed by atoms with van der Waals surface area (Å²) in [6.07, 6.45) is 0.784. The van der Waals surface area contributed by atoms with Crippen molar-refractivity contribution in [1.82, 2.24) is 10.2 Å². The molecule has 0 bridgehead atoms. The first-order valence-corrected chi connectivity index (χ1v) is 7.61. The molecule has 1 fully saturated rings. The molecule has 1 atom stereocenters. The smallest absolute Gasteiger partial charge is 0.126 e. The lowest BCUT2D eigenvalue weighted by Gasteiger charge is -2.46. The van der Waals surface area contributed by atoms with Crippen LogP contribution in [0.3, 0.4) is 0 Å². The van der Waals surface area contributed by atoms with Crippen LogP contribution in [0.25, 0.3) is 0 Å². The molecule has 1 N–H and O–H groups in total. The van der Waals surface area contributed by atoms with Gasteiger partial charge in [0.05, 0.1) is 0 Å². The van der Waals surface area contributed by atoms with Crippen molar-refractivity contribution >= 4 is 0 Å². The van der Waals surface area contributed by atoms with Crippen LogP contribution in [0.5, 0.6) is 0 Å². The van der Waals surface area contributed by atoms with Crippen molar-refractivity contribution in [2.45, 2.75) is 45.7 Å². The van der Waals surface area contributed by atoms with E-state index in [1.807, 2.05) is 12.1 Å². The highest BCUT2D eigenvalue weighted by Gasteiger charge is 2.33. The first kappa shape index (κ1) is 15.5. The number of halogens is 1. The summed E-state index contributed by atoms with van der Waals surface area (Å²) >= 11 is 0. The standard InChI is InChI=1S/C17H27FN2/c1-13(2)16-11-19-17(3,4)12-20(16)10-9-14-7-5-6-8-15(14)18/h5-8,13,16,19H,9-12H2,1-4H3. The van der Waals surface area contributed by atoms with Crippen molar-refractivity contribution in [2.75, 3.05) is 19.6 Å². The van der Waals surface area contributed by atoms with E-state index in [1.165, 1.54) is 0 Å². The number of benzene rings is 1. The number of nitrogens with one attached hydrogen (secondary N) is 1. The minimum absolute atomic E-state index is 0.0806. The van der Waals surface area contributed by atoms with Crippen molar-refractivity contribution in [3.05, 3.63) is 35.6 Å². The fourth-order valence-electron chi connectivity index (χ4n) is 3.06. The molecule has 1 aliphatic rings. The predicted molar refractivity (Wildman–Crippen MR) is 82.4 cm³/mol. The molecule has 1 heterocycles. The number of hydrogen-bond acceptors (Lipinski definition) is 2. The molecular formula is C17H27FN2. The summed E-state index contributed by atoms with van der Waals surface area (Å²) in [5.74, 6) is 0.530. The molecule has 1 aromatic rings. The molecule has 2 nitrogen and oxygen atoms in total. The highest BCUT2D eigenvalue weighted by atomic mass is 19.1. The van der Waals surface area contributed by atoms with Gasteiger partial charge in [0.2, 0.25) is 0 Å². The molecule has 2 rings (SSSR count). The summed E-state index contributed by atoms with van der Waals surface area (Å²) in [4.78, 5) is 2.52. The first-order chi connectivity index (χ1) is 9.39. The highest BCUT2D eigenvalue weighted by molar-refractivity contribution is 5.17. The van der Waals surface area contributed by atoms with Gasteiger partial charge >= 0.3 is 0 Å². The average Bonchev–Trinajstić information content (AvgIpc) is 2.36. The maximum atomic E-state index is 13.7. The molecule has 1 saturated heterocycles. The second-order valence-electron chi connectivity index (χ2n) is 6.89. The van der Waals surface area contributed by atoms with E-state index in [1.54, 1.807) is 12.1 Å². The van der Waals surface area contributed by atoms with E-state index >= 15 is 0 Å². The van der Waals surface area contributed by atoms with Gasteiger partial charge in [0.25, 0.3) is 0 Å². The Kier molecular flexibility index (Phi) is 4.82. The molecule has 1 aromatic carbocycles. The number of hydrogen-bond donors (Lipinski definition) is 1. The van der Waals surface area contributed by atoms with E-state index in [2.05, 4.69) is 37.9 Å². The fraction of sp³-hybridized carbons (Fsp3) is 0.647. The van der Waals surface area contributed by atoms with Gasteiger partial charge in [-0.2, -0.15) is 0 Å². The summed E-state index contributed by atoms with van der Waals surface area (Å²) in [7, 11) is 0. The monoisotopic (exact) mass is 278 g/mol. The molecule has 20 heavy (non-hydrogen) atoms. The lowest BCUT2D eigenvalue weighted by atomic mass is 9.92.